The maximum absolute atomic E-state index is 9.50. The van der Waals surface area contributed by atoms with E-state index in [9.17, 15) is 5.11 Å². The first-order valence-electron chi connectivity index (χ1n) is 7.59. The second-order valence-electron chi connectivity index (χ2n) is 6.96. The van der Waals surface area contributed by atoms with Gasteiger partial charge in [0.2, 0.25) is 0 Å². The van der Waals surface area contributed by atoms with E-state index in [4.69, 9.17) is 0 Å². The quantitative estimate of drug-likeness (QED) is 0.838. The molecule has 0 spiro atoms. The van der Waals surface area contributed by atoms with E-state index in [-0.39, 0.29) is 11.5 Å². The van der Waals surface area contributed by atoms with E-state index in [2.05, 4.69) is 49.3 Å². The molecule has 1 heterocycles. The maximum Gasteiger partial charge on any atom is 0.0517 e. The summed E-state index contributed by atoms with van der Waals surface area (Å²) in [6.07, 6.45) is 1.75. The molecule has 3 heteroatoms. The van der Waals surface area contributed by atoms with Gasteiger partial charge in [0.15, 0.2) is 0 Å². The largest absolute Gasteiger partial charge is 0.393 e. The maximum atomic E-state index is 9.50. The number of fused-ring (bicyclic) bond motifs is 1. The van der Waals surface area contributed by atoms with Gasteiger partial charge in [0, 0.05) is 32.4 Å². The summed E-state index contributed by atoms with van der Waals surface area (Å²) >= 11 is 0. The summed E-state index contributed by atoms with van der Waals surface area (Å²) in [4.78, 5) is 2.32. The monoisotopic (exact) mass is 276 g/mol. The first-order chi connectivity index (χ1) is 9.37. The van der Waals surface area contributed by atoms with E-state index in [0.29, 0.717) is 0 Å². The highest BCUT2D eigenvalue weighted by atomic mass is 16.3. The Morgan fingerprint density at radius 1 is 1.40 bits per heavy atom. The first-order valence-corrected chi connectivity index (χ1v) is 7.59. The van der Waals surface area contributed by atoms with E-state index in [1.165, 1.54) is 16.8 Å². The van der Waals surface area contributed by atoms with Crippen LogP contribution in [0.4, 0.5) is 5.69 Å². The fourth-order valence-electron chi connectivity index (χ4n) is 3.15. The summed E-state index contributed by atoms with van der Waals surface area (Å²) in [7, 11) is 2.16. The molecular formula is C17H28N2O. The number of anilines is 1. The van der Waals surface area contributed by atoms with Crippen molar-refractivity contribution >= 4 is 5.69 Å². The molecule has 1 aliphatic rings. The number of hydrogen-bond acceptors (Lipinski definition) is 3. The minimum Gasteiger partial charge on any atom is -0.393 e. The lowest BCUT2D eigenvalue weighted by Crippen LogP contribution is -2.31. The van der Waals surface area contributed by atoms with E-state index >= 15 is 0 Å². The molecule has 20 heavy (non-hydrogen) atoms. The number of hydrogen-bond donors (Lipinski definition) is 2. The number of aliphatic hydroxyl groups is 1. The predicted octanol–water partition coefficient (Wildman–Crippen LogP) is 2.57. The van der Waals surface area contributed by atoms with Crippen LogP contribution in [0.2, 0.25) is 0 Å². The van der Waals surface area contributed by atoms with E-state index in [0.717, 1.165) is 32.5 Å². The van der Waals surface area contributed by atoms with Crippen LogP contribution in [0, 0.1) is 5.41 Å². The summed E-state index contributed by atoms with van der Waals surface area (Å²) in [6.45, 7) is 9.22. The lowest BCUT2D eigenvalue weighted by Gasteiger charge is -2.26. The Bertz CT molecular complexity index is 454. The Morgan fingerprint density at radius 3 is 2.85 bits per heavy atom. The smallest absolute Gasteiger partial charge is 0.0517 e. The lowest BCUT2D eigenvalue weighted by molar-refractivity contribution is 0.128. The van der Waals surface area contributed by atoms with Gasteiger partial charge >= 0.3 is 0 Å². The molecular weight excluding hydrogens is 248 g/mol. The van der Waals surface area contributed by atoms with Gasteiger partial charge in [-0.05, 0) is 42.4 Å². The summed E-state index contributed by atoms with van der Waals surface area (Å²) in [5.41, 5.74) is 4.33. The third-order valence-electron chi connectivity index (χ3n) is 4.05. The molecule has 0 amide bonds. The molecule has 3 nitrogen and oxygen atoms in total. The molecule has 0 saturated heterocycles. The van der Waals surface area contributed by atoms with Crippen LogP contribution in [-0.4, -0.2) is 31.3 Å². The molecule has 1 aliphatic heterocycles. The van der Waals surface area contributed by atoms with Gasteiger partial charge in [-0.15, -0.1) is 0 Å². The highest BCUT2D eigenvalue weighted by Gasteiger charge is 2.20. The summed E-state index contributed by atoms with van der Waals surface area (Å²) in [5, 5.41) is 13.0. The van der Waals surface area contributed by atoms with Gasteiger partial charge in [0.05, 0.1) is 6.10 Å². The second-order valence-corrected chi connectivity index (χ2v) is 6.96. The highest BCUT2D eigenvalue weighted by molar-refractivity contribution is 5.58. The molecule has 1 unspecified atom stereocenters. The predicted molar refractivity (Wildman–Crippen MR) is 85.2 cm³/mol. The van der Waals surface area contributed by atoms with Crippen molar-refractivity contribution in [3.8, 4) is 0 Å². The molecule has 0 radical (unpaired) electrons. The molecule has 112 valence electrons. The highest BCUT2D eigenvalue weighted by Crippen LogP contribution is 2.27. The van der Waals surface area contributed by atoms with Crippen LogP contribution >= 0.6 is 0 Å². The van der Waals surface area contributed by atoms with Crippen LogP contribution in [0.25, 0.3) is 0 Å². The average molecular weight is 276 g/mol. The van der Waals surface area contributed by atoms with Crippen molar-refractivity contribution < 1.29 is 5.11 Å². The standard InChI is InChI=1S/C17H28N2O/c1-13(20)10-17(2,3)12-18-11-14-5-6-16-15(9-14)7-8-19(16)4/h5-6,9,13,18,20H,7-8,10-12H2,1-4H3. The third kappa shape index (κ3) is 3.97. The van der Waals surface area contributed by atoms with Gasteiger partial charge in [-0.25, -0.2) is 0 Å². The Morgan fingerprint density at radius 2 is 2.15 bits per heavy atom. The van der Waals surface area contributed by atoms with Crippen molar-refractivity contribution in [1.29, 1.82) is 0 Å². The molecule has 1 atom stereocenters. The molecule has 0 aliphatic carbocycles. The third-order valence-corrected chi connectivity index (χ3v) is 4.05. The molecule has 1 aromatic carbocycles. The normalized spacial score (nSPS) is 16.4. The Kier molecular flexibility index (Phi) is 4.71. The van der Waals surface area contributed by atoms with Crippen LogP contribution in [-0.2, 0) is 13.0 Å². The van der Waals surface area contributed by atoms with Crippen molar-refractivity contribution in [1.82, 2.24) is 5.32 Å². The number of nitrogens with one attached hydrogen (secondary N) is 1. The van der Waals surface area contributed by atoms with Crippen LogP contribution in [0.5, 0.6) is 0 Å². The molecule has 0 saturated carbocycles. The zero-order valence-corrected chi connectivity index (χ0v) is 13.2. The molecule has 2 rings (SSSR count). The van der Waals surface area contributed by atoms with Crippen molar-refractivity contribution in [2.24, 2.45) is 5.41 Å². The summed E-state index contributed by atoms with van der Waals surface area (Å²) in [5.74, 6) is 0. The van der Waals surface area contributed by atoms with Crippen LogP contribution in [0.1, 0.15) is 38.3 Å². The van der Waals surface area contributed by atoms with Crippen LogP contribution < -0.4 is 10.2 Å². The number of likely N-dealkylation sites (N-methyl/N-ethyl adjacent to an activating group) is 1. The number of nitrogens with zero attached hydrogens (tertiary/aromatic N) is 1. The first kappa shape index (κ1) is 15.3. The van der Waals surface area contributed by atoms with Gasteiger partial charge in [-0.2, -0.15) is 0 Å². The van der Waals surface area contributed by atoms with Crippen molar-refractivity contribution in [2.75, 3.05) is 25.0 Å². The lowest BCUT2D eigenvalue weighted by atomic mass is 9.87. The van der Waals surface area contributed by atoms with Gasteiger partial charge in [-0.3, -0.25) is 0 Å². The van der Waals surface area contributed by atoms with E-state index in [1.807, 2.05) is 6.92 Å². The molecule has 0 fully saturated rings. The van der Waals surface area contributed by atoms with Gasteiger partial charge in [-0.1, -0.05) is 26.0 Å². The molecule has 0 bridgehead atoms. The van der Waals surface area contributed by atoms with Crippen molar-refractivity contribution in [3.05, 3.63) is 29.3 Å². The van der Waals surface area contributed by atoms with Crippen LogP contribution in [0.3, 0.4) is 0 Å². The number of aliphatic hydroxyl groups excluding tert-OH is 1. The topological polar surface area (TPSA) is 35.5 Å². The number of benzene rings is 1. The zero-order valence-electron chi connectivity index (χ0n) is 13.2. The van der Waals surface area contributed by atoms with Gasteiger partial charge < -0.3 is 15.3 Å². The van der Waals surface area contributed by atoms with Crippen molar-refractivity contribution in [2.45, 2.75) is 46.3 Å². The van der Waals surface area contributed by atoms with Gasteiger partial charge in [0.1, 0.15) is 0 Å². The van der Waals surface area contributed by atoms with Crippen LogP contribution in [0.15, 0.2) is 18.2 Å². The molecule has 1 aromatic rings. The fourth-order valence-corrected chi connectivity index (χ4v) is 3.15. The molecule has 0 aromatic heterocycles. The van der Waals surface area contributed by atoms with Crippen molar-refractivity contribution in [3.63, 3.8) is 0 Å². The zero-order chi connectivity index (χ0) is 14.8. The summed E-state index contributed by atoms with van der Waals surface area (Å²) in [6, 6.07) is 6.78. The average Bonchev–Trinajstić information content (AvgIpc) is 2.69. The fraction of sp³-hybridized carbons (Fsp3) is 0.647. The number of rotatable bonds is 6. The Hall–Kier alpha value is -1.06. The Balaban J connectivity index is 1.86. The van der Waals surface area contributed by atoms with E-state index < -0.39 is 0 Å². The minimum atomic E-state index is -0.234. The second kappa shape index (κ2) is 6.15. The minimum absolute atomic E-state index is 0.130. The molecule has 2 N–H and O–H groups in total. The summed E-state index contributed by atoms with van der Waals surface area (Å²) < 4.78 is 0. The SMILES string of the molecule is CC(O)CC(C)(C)CNCc1ccc2c(c1)CCN2C. The Labute approximate surface area is 123 Å². The van der Waals surface area contributed by atoms with Gasteiger partial charge in [0.25, 0.3) is 0 Å². The van der Waals surface area contributed by atoms with E-state index in [1.54, 1.807) is 0 Å².